The van der Waals surface area contributed by atoms with Gasteiger partial charge in [0.05, 0.1) is 0 Å². The first-order chi connectivity index (χ1) is 7.78. The molecule has 16 heavy (non-hydrogen) atoms. The maximum atomic E-state index is 5.66. The summed E-state index contributed by atoms with van der Waals surface area (Å²) in [7, 11) is -0.976. The Morgan fingerprint density at radius 3 is 1.88 bits per heavy atom. The van der Waals surface area contributed by atoms with E-state index < -0.39 is 9.28 Å². The van der Waals surface area contributed by atoms with E-state index in [1.807, 2.05) is 0 Å². The summed E-state index contributed by atoms with van der Waals surface area (Å²) in [6, 6.07) is 1.19. The van der Waals surface area contributed by atoms with Crippen molar-refractivity contribution >= 4 is 17.2 Å². The zero-order valence-electron chi connectivity index (χ0n) is 11.5. The van der Waals surface area contributed by atoms with Crippen LogP contribution in [-0.2, 0) is 8.85 Å². The van der Waals surface area contributed by atoms with E-state index in [1.165, 1.54) is 37.4 Å². The highest BCUT2D eigenvalue weighted by Crippen LogP contribution is 2.35. The number of hydrogen-bond acceptors (Lipinski definition) is 2. The fourth-order valence-electron chi connectivity index (χ4n) is 1.77. The van der Waals surface area contributed by atoms with Gasteiger partial charge in [-0.2, -0.15) is 0 Å². The summed E-state index contributed by atoms with van der Waals surface area (Å²) in [6.07, 6.45) is 6.90. The average Bonchev–Trinajstić information content (AvgIpc) is 2.30. The number of unbranched alkanes of at least 4 members (excludes halogenated alkanes) is 1. The van der Waals surface area contributed by atoms with Gasteiger partial charge in [-0.25, -0.2) is 0 Å². The lowest BCUT2D eigenvalue weighted by atomic mass is 10.4. The first-order valence-corrected chi connectivity index (χ1v) is 10.4. The highest BCUT2D eigenvalue weighted by molar-refractivity contribution is 7.57. The molecule has 0 aromatic carbocycles. The third-order valence-electron chi connectivity index (χ3n) is 2.76. The predicted molar refractivity (Wildman–Crippen MR) is 77.3 cm³/mol. The molecule has 0 aromatic rings. The molecule has 2 nitrogen and oxygen atoms in total. The lowest BCUT2D eigenvalue weighted by Gasteiger charge is -2.16. The summed E-state index contributed by atoms with van der Waals surface area (Å²) in [4.78, 5) is 0. The fraction of sp³-hybridized carbons (Fsp3) is 1.00. The van der Waals surface area contributed by atoms with Gasteiger partial charge in [-0.05, 0) is 44.8 Å². The maximum Gasteiger partial charge on any atom is 0.321 e. The Kier molecular flexibility index (Phi) is 12.5. The molecule has 0 atom stereocenters. The molecule has 0 N–H and O–H groups in total. The maximum absolute atomic E-state index is 5.66. The van der Waals surface area contributed by atoms with Gasteiger partial charge in [-0.3, -0.25) is 0 Å². The van der Waals surface area contributed by atoms with Crippen LogP contribution in [0.4, 0.5) is 0 Å². The largest absolute Gasteiger partial charge is 0.397 e. The summed E-state index contributed by atoms with van der Waals surface area (Å²) in [5.41, 5.74) is 0. The van der Waals surface area contributed by atoms with Gasteiger partial charge in [0.15, 0.2) is 0 Å². The topological polar surface area (TPSA) is 18.5 Å². The monoisotopic (exact) mass is 264 g/mol. The van der Waals surface area contributed by atoms with Gasteiger partial charge in [0, 0.05) is 13.2 Å². The molecule has 0 bridgehead atoms. The molecule has 0 amide bonds. The van der Waals surface area contributed by atoms with Crippen LogP contribution < -0.4 is 0 Å². The molecular formula is C12H29O2PSi. The fourth-order valence-corrected chi connectivity index (χ4v) is 5.32. The first kappa shape index (κ1) is 16.6. The highest BCUT2D eigenvalue weighted by Gasteiger charge is 2.11. The normalized spacial score (nSPS) is 11.6. The summed E-state index contributed by atoms with van der Waals surface area (Å²) < 4.78 is 11.3. The van der Waals surface area contributed by atoms with Crippen molar-refractivity contribution in [3.63, 3.8) is 0 Å². The Morgan fingerprint density at radius 1 is 0.875 bits per heavy atom. The van der Waals surface area contributed by atoms with E-state index in [0.29, 0.717) is 7.92 Å². The van der Waals surface area contributed by atoms with Gasteiger partial charge in [0.1, 0.15) is 0 Å². The van der Waals surface area contributed by atoms with Crippen LogP contribution in [0.15, 0.2) is 0 Å². The minimum Gasteiger partial charge on any atom is -0.397 e. The molecule has 0 aliphatic rings. The third-order valence-corrected chi connectivity index (χ3v) is 7.79. The molecule has 4 heteroatoms. The van der Waals surface area contributed by atoms with E-state index in [4.69, 9.17) is 8.85 Å². The molecule has 0 aliphatic carbocycles. The average molecular weight is 264 g/mol. The number of rotatable bonds is 11. The van der Waals surface area contributed by atoms with E-state index in [0.717, 1.165) is 13.2 Å². The van der Waals surface area contributed by atoms with Crippen molar-refractivity contribution in [1.82, 2.24) is 0 Å². The molecule has 0 spiro atoms. The number of hydrogen-bond donors (Lipinski definition) is 0. The van der Waals surface area contributed by atoms with Crippen molar-refractivity contribution in [2.24, 2.45) is 0 Å². The Bertz CT molecular complexity index is 137. The summed E-state index contributed by atoms with van der Waals surface area (Å²) in [6.45, 7) is 10.4. The van der Waals surface area contributed by atoms with Crippen LogP contribution >= 0.6 is 7.92 Å². The lowest BCUT2D eigenvalue weighted by molar-refractivity contribution is 0.213. The van der Waals surface area contributed by atoms with Crippen molar-refractivity contribution in [3.8, 4) is 0 Å². The molecule has 0 aliphatic heterocycles. The van der Waals surface area contributed by atoms with Gasteiger partial charge in [-0.1, -0.05) is 20.3 Å². The van der Waals surface area contributed by atoms with Crippen LogP contribution in [0.3, 0.4) is 0 Å². The molecule has 0 radical (unpaired) electrons. The van der Waals surface area contributed by atoms with Gasteiger partial charge < -0.3 is 8.85 Å². The summed E-state index contributed by atoms with van der Waals surface area (Å²) >= 11 is 0. The van der Waals surface area contributed by atoms with Crippen LogP contribution in [0.1, 0.15) is 40.5 Å². The SMILES string of the molecule is CCO[SiH](CCCCP(CC)CC)OCC. The predicted octanol–water partition coefficient (Wildman–Crippen LogP) is 3.58. The van der Waals surface area contributed by atoms with Crippen molar-refractivity contribution in [1.29, 1.82) is 0 Å². The molecule has 0 saturated heterocycles. The quantitative estimate of drug-likeness (QED) is 0.322. The van der Waals surface area contributed by atoms with E-state index in [2.05, 4.69) is 27.7 Å². The molecular weight excluding hydrogens is 235 g/mol. The Morgan fingerprint density at radius 2 is 1.44 bits per heavy atom. The van der Waals surface area contributed by atoms with Gasteiger partial charge in [0.2, 0.25) is 0 Å². The van der Waals surface area contributed by atoms with Gasteiger partial charge >= 0.3 is 9.28 Å². The van der Waals surface area contributed by atoms with E-state index in [-0.39, 0.29) is 0 Å². The van der Waals surface area contributed by atoms with Crippen LogP contribution in [0.5, 0.6) is 0 Å². The molecule has 0 rings (SSSR count). The second-order valence-electron chi connectivity index (χ2n) is 3.86. The Balaban J connectivity index is 3.52. The van der Waals surface area contributed by atoms with Crippen LogP contribution in [0, 0.1) is 0 Å². The van der Waals surface area contributed by atoms with E-state index in [9.17, 15) is 0 Å². The van der Waals surface area contributed by atoms with Crippen molar-refractivity contribution < 1.29 is 8.85 Å². The Hall–Kier alpha value is 0.567. The minimum absolute atomic E-state index is 0.331. The third kappa shape index (κ3) is 8.69. The molecule has 0 aromatic heterocycles. The smallest absolute Gasteiger partial charge is 0.321 e. The van der Waals surface area contributed by atoms with E-state index >= 15 is 0 Å². The van der Waals surface area contributed by atoms with E-state index in [1.54, 1.807) is 0 Å². The highest BCUT2D eigenvalue weighted by atomic mass is 31.1. The second-order valence-corrected chi connectivity index (χ2v) is 9.02. The standard InChI is InChI=1S/C12H29O2PSi/c1-5-13-16(14-6-2)12-10-9-11-15(7-3)8-4/h16H,5-12H2,1-4H3. The first-order valence-electron chi connectivity index (χ1n) is 6.73. The summed E-state index contributed by atoms with van der Waals surface area (Å²) in [5, 5.41) is 0. The Labute approximate surface area is 105 Å². The molecule has 98 valence electrons. The zero-order chi connectivity index (χ0) is 12.2. The van der Waals surface area contributed by atoms with Gasteiger partial charge in [-0.15, -0.1) is 7.92 Å². The second kappa shape index (κ2) is 12.0. The van der Waals surface area contributed by atoms with Crippen molar-refractivity contribution in [2.45, 2.75) is 46.6 Å². The molecule has 0 heterocycles. The van der Waals surface area contributed by atoms with Crippen LogP contribution in [0.25, 0.3) is 0 Å². The minimum atomic E-state index is -1.31. The van der Waals surface area contributed by atoms with Crippen molar-refractivity contribution in [2.75, 3.05) is 31.7 Å². The van der Waals surface area contributed by atoms with Crippen molar-refractivity contribution in [3.05, 3.63) is 0 Å². The molecule has 0 saturated carbocycles. The van der Waals surface area contributed by atoms with Gasteiger partial charge in [0.25, 0.3) is 0 Å². The molecule has 0 unspecified atom stereocenters. The summed E-state index contributed by atoms with van der Waals surface area (Å²) in [5.74, 6) is 0. The molecule has 0 fully saturated rings. The lowest BCUT2D eigenvalue weighted by Crippen LogP contribution is -2.22. The zero-order valence-corrected chi connectivity index (χ0v) is 13.5. The van der Waals surface area contributed by atoms with Crippen LogP contribution in [0.2, 0.25) is 6.04 Å². The van der Waals surface area contributed by atoms with Crippen LogP contribution in [-0.4, -0.2) is 41.0 Å².